The number of nitrogens with zero attached hydrogens (tertiary/aromatic N) is 3. The first kappa shape index (κ1) is 21.7. The van der Waals surface area contributed by atoms with Gasteiger partial charge in [-0.1, -0.05) is 13.0 Å². The van der Waals surface area contributed by atoms with Gasteiger partial charge in [-0.2, -0.15) is 10.2 Å². The molecule has 4 rings (SSSR count). The Morgan fingerprint density at radius 3 is 2.66 bits per heavy atom. The highest BCUT2D eigenvalue weighted by Gasteiger charge is 2.28. The molecule has 7 nitrogen and oxygen atoms in total. The van der Waals surface area contributed by atoms with E-state index < -0.39 is 38.7 Å². The number of carbonyl (C=O) groups excluding carboxylic acids is 1. The second kappa shape index (κ2) is 8.54. The minimum absolute atomic E-state index is 0.212. The van der Waals surface area contributed by atoms with Gasteiger partial charge in [0.05, 0.1) is 29.4 Å². The molecule has 10 heteroatoms. The van der Waals surface area contributed by atoms with Gasteiger partial charge in [0, 0.05) is 34.9 Å². The van der Waals surface area contributed by atoms with E-state index in [1.165, 1.54) is 6.20 Å². The number of benzene rings is 1. The molecule has 0 aliphatic heterocycles. The summed E-state index contributed by atoms with van der Waals surface area (Å²) in [4.78, 5) is 17.6. The van der Waals surface area contributed by atoms with Crippen LogP contribution in [-0.4, -0.2) is 35.1 Å². The largest absolute Gasteiger partial charge is 0.288 e. The molecule has 0 unspecified atom stereocenters. The maximum absolute atomic E-state index is 15.1. The molecule has 1 aliphatic rings. The molecule has 0 saturated carbocycles. The Hall–Kier alpha value is -3.53. The fraction of sp³-hybridized carbons (Fsp3) is 0.182. The van der Waals surface area contributed by atoms with Crippen LogP contribution in [0.25, 0.3) is 16.7 Å². The van der Waals surface area contributed by atoms with E-state index in [1.807, 2.05) is 4.72 Å². The highest BCUT2D eigenvalue weighted by atomic mass is 32.2. The van der Waals surface area contributed by atoms with Crippen LogP contribution >= 0.6 is 0 Å². The van der Waals surface area contributed by atoms with Crippen molar-refractivity contribution in [1.29, 1.82) is 0 Å². The quantitative estimate of drug-likeness (QED) is 0.543. The van der Waals surface area contributed by atoms with E-state index in [4.69, 9.17) is 0 Å². The summed E-state index contributed by atoms with van der Waals surface area (Å²) in [7, 11) is -3.95. The van der Waals surface area contributed by atoms with Crippen LogP contribution in [0.5, 0.6) is 0 Å². The summed E-state index contributed by atoms with van der Waals surface area (Å²) in [5.74, 6) is -3.36. The Bertz CT molecular complexity index is 1340. The van der Waals surface area contributed by atoms with Gasteiger partial charge in [-0.05, 0) is 30.7 Å². The summed E-state index contributed by atoms with van der Waals surface area (Å²) in [6, 6.07) is 5.37. The lowest BCUT2D eigenvalue weighted by molar-refractivity contribution is 0.105. The number of aromatic nitrogens is 3. The number of nitrogens with one attached hydrogen (secondary N) is 1. The Kier molecular flexibility index (Phi) is 5.79. The monoisotopic (exact) mass is 456 g/mol. The molecule has 0 spiro atoms. The minimum atomic E-state index is -3.95. The van der Waals surface area contributed by atoms with Crippen molar-refractivity contribution < 1.29 is 22.0 Å². The molecule has 0 radical (unpaired) electrons. The van der Waals surface area contributed by atoms with Gasteiger partial charge < -0.3 is 0 Å². The first-order valence-electron chi connectivity index (χ1n) is 9.80. The van der Waals surface area contributed by atoms with Crippen molar-refractivity contribution in [3.63, 3.8) is 0 Å². The highest BCUT2D eigenvalue weighted by Crippen LogP contribution is 2.34. The predicted octanol–water partition coefficient (Wildman–Crippen LogP) is 3.79. The SMILES string of the molecule is CCCS(=O)(=O)Nc1c(F)ccc(C(=O)C2=CCc3ncc(-c4ccnnc4)cc32)c1F. The zero-order chi connectivity index (χ0) is 22.9. The molecular weight excluding hydrogens is 438 g/mol. The van der Waals surface area contributed by atoms with E-state index in [2.05, 4.69) is 15.2 Å². The summed E-state index contributed by atoms with van der Waals surface area (Å²) in [5, 5.41) is 7.56. The van der Waals surface area contributed by atoms with Gasteiger partial charge in [-0.15, -0.1) is 0 Å². The number of halogens is 2. The van der Waals surface area contributed by atoms with Crippen LogP contribution in [0.3, 0.4) is 0 Å². The van der Waals surface area contributed by atoms with Gasteiger partial charge >= 0.3 is 0 Å². The van der Waals surface area contributed by atoms with Crippen LogP contribution in [-0.2, 0) is 16.4 Å². The number of allylic oxidation sites excluding steroid dienone is 2. The van der Waals surface area contributed by atoms with E-state index in [9.17, 15) is 17.6 Å². The van der Waals surface area contributed by atoms with Crippen molar-refractivity contribution in [3.8, 4) is 11.1 Å². The summed E-state index contributed by atoms with van der Waals surface area (Å²) in [6.07, 6.45) is 7.00. The molecule has 2 heterocycles. The van der Waals surface area contributed by atoms with E-state index in [0.29, 0.717) is 23.2 Å². The van der Waals surface area contributed by atoms with Gasteiger partial charge in [0.25, 0.3) is 0 Å². The average molecular weight is 456 g/mol. The minimum Gasteiger partial charge on any atom is -0.288 e. The van der Waals surface area contributed by atoms with Crippen molar-refractivity contribution in [1.82, 2.24) is 15.2 Å². The normalized spacial score (nSPS) is 12.9. The lowest BCUT2D eigenvalue weighted by Gasteiger charge is -2.13. The molecule has 1 aliphatic carbocycles. The molecule has 1 aromatic carbocycles. The summed E-state index contributed by atoms with van der Waals surface area (Å²) in [5.41, 5.74) is 1.53. The number of carbonyl (C=O) groups is 1. The van der Waals surface area contributed by atoms with Crippen molar-refractivity contribution >= 4 is 27.1 Å². The third kappa shape index (κ3) is 4.13. The average Bonchev–Trinajstić information content (AvgIpc) is 3.20. The lowest BCUT2D eigenvalue weighted by Crippen LogP contribution is -2.19. The van der Waals surface area contributed by atoms with Crippen molar-refractivity contribution in [3.05, 3.63) is 77.4 Å². The fourth-order valence-electron chi connectivity index (χ4n) is 3.47. The number of anilines is 1. The van der Waals surface area contributed by atoms with Crippen molar-refractivity contribution in [2.45, 2.75) is 19.8 Å². The number of hydrogen-bond acceptors (Lipinski definition) is 6. The first-order valence-corrected chi connectivity index (χ1v) is 11.5. The Morgan fingerprint density at radius 1 is 1.12 bits per heavy atom. The van der Waals surface area contributed by atoms with Gasteiger partial charge in [-0.25, -0.2) is 17.2 Å². The van der Waals surface area contributed by atoms with Crippen LogP contribution in [0.2, 0.25) is 0 Å². The molecule has 2 aromatic heterocycles. The topological polar surface area (TPSA) is 102 Å². The van der Waals surface area contributed by atoms with E-state index in [1.54, 1.807) is 37.5 Å². The summed E-state index contributed by atoms with van der Waals surface area (Å²) >= 11 is 0. The van der Waals surface area contributed by atoms with Gasteiger partial charge in [-0.3, -0.25) is 14.5 Å². The van der Waals surface area contributed by atoms with Crippen LogP contribution in [0.1, 0.15) is 35.0 Å². The van der Waals surface area contributed by atoms with E-state index in [-0.39, 0.29) is 17.7 Å². The van der Waals surface area contributed by atoms with Gasteiger partial charge in [0.2, 0.25) is 10.0 Å². The fourth-order valence-corrected chi connectivity index (χ4v) is 4.61. The van der Waals surface area contributed by atoms with Crippen LogP contribution in [0.15, 0.2) is 48.9 Å². The maximum atomic E-state index is 15.1. The Labute approximate surface area is 183 Å². The number of ketones is 1. The number of hydrogen-bond donors (Lipinski definition) is 1. The molecule has 1 N–H and O–H groups in total. The van der Waals surface area contributed by atoms with Gasteiger partial charge in [0.15, 0.2) is 11.6 Å². The first-order chi connectivity index (χ1) is 15.3. The Balaban J connectivity index is 1.71. The number of pyridine rings is 1. The molecule has 164 valence electrons. The third-order valence-electron chi connectivity index (χ3n) is 4.99. The Morgan fingerprint density at radius 2 is 1.94 bits per heavy atom. The van der Waals surface area contributed by atoms with Gasteiger partial charge in [0.1, 0.15) is 11.5 Å². The zero-order valence-corrected chi connectivity index (χ0v) is 17.8. The van der Waals surface area contributed by atoms with Crippen LogP contribution < -0.4 is 4.72 Å². The molecular formula is C22H18F2N4O3S. The molecule has 3 aromatic rings. The standard InChI is InChI=1S/C22H18F2N4O3S/c1-2-9-32(30,31)28-21-18(23)5-3-16(20(21)24)22(29)15-4-6-19-17(15)10-14(11-25-19)13-7-8-26-27-12-13/h3-5,7-8,10-12,28H,2,6,9H2,1H3. The summed E-state index contributed by atoms with van der Waals surface area (Å²) < 4.78 is 55.2. The van der Waals surface area contributed by atoms with Crippen molar-refractivity contribution in [2.24, 2.45) is 0 Å². The second-order valence-electron chi connectivity index (χ2n) is 7.21. The molecule has 0 bridgehead atoms. The number of rotatable bonds is 7. The number of fused-ring (bicyclic) bond motifs is 1. The van der Waals surface area contributed by atoms with Crippen LogP contribution in [0.4, 0.5) is 14.5 Å². The third-order valence-corrected chi connectivity index (χ3v) is 6.45. The van der Waals surface area contributed by atoms with E-state index in [0.717, 1.165) is 17.7 Å². The second-order valence-corrected chi connectivity index (χ2v) is 9.05. The molecule has 0 atom stereocenters. The molecule has 0 amide bonds. The zero-order valence-electron chi connectivity index (χ0n) is 17.0. The molecule has 32 heavy (non-hydrogen) atoms. The lowest BCUT2D eigenvalue weighted by atomic mass is 9.96. The van der Waals surface area contributed by atoms with Crippen molar-refractivity contribution in [2.75, 3.05) is 10.5 Å². The highest BCUT2D eigenvalue weighted by molar-refractivity contribution is 7.92. The number of sulfonamides is 1. The maximum Gasteiger partial charge on any atom is 0.232 e. The smallest absolute Gasteiger partial charge is 0.232 e. The summed E-state index contributed by atoms with van der Waals surface area (Å²) in [6.45, 7) is 1.63. The predicted molar refractivity (Wildman–Crippen MR) is 115 cm³/mol. The van der Waals surface area contributed by atoms with Crippen LogP contribution in [0, 0.1) is 11.6 Å². The number of Topliss-reactive ketones (excluding diaryl/α,β-unsaturated/α-hetero) is 1. The van der Waals surface area contributed by atoms with E-state index >= 15 is 4.39 Å². The molecule has 0 saturated heterocycles. The molecule has 0 fully saturated rings.